The van der Waals surface area contributed by atoms with Crippen molar-refractivity contribution in [3.05, 3.63) is 77.5 Å². The molecule has 2 aromatic carbocycles. The highest BCUT2D eigenvalue weighted by atomic mass is 32.1. The van der Waals surface area contributed by atoms with Crippen molar-refractivity contribution >= 4 is 16.5 Å². The Morgan fingerprint density at radius 2 is 1.88 bits per heavy atom. The summed E-state index contributed by atoms with van der Waals surface area (Å²) in [5.74, 6) is 1.47. The van der Waals surface area contributed by atoms with Crippen LogP contribution in [-0.4, -0.2) is 16.8 Å². The lowest BCUT2D eigenvalue weighted by Gasteiger charge is -2.05. The van der Waals surface area contributed by atoms with Gasteiger partial charge >= 0.3 is 0 Å². The molecule has 1 aliphatic heterocycles. The highest BCUT2D eigenvalue weighted by Gasteiger charge is 2.20. The second-order valence-electron chi connectivity index (χ2n) is 7.29. The highest BCUT2D eigenvalue weighted by Crippen LogP contribution is 2.42. The van der Waals surface area contributed by atoms with Crippen LogP contribution in [0.25, 0.3) is 21.8 Å². The van der Waals surface area contributed by atoms with E-state index >= 15 is 0 Å². The number of benzene rings is 2. The number of anilines is 1. The first-order valence-corrected chi connectivity index (χ1v) is 11.1. The molecule has 4 aromatic rings. The molecule has 0 fully saturated rings. The lowest BCUT2D eigenvalue weighted by atomic mass is 10.1. The molecule has 0 amide bonds. The third-order valence-electron chi connectivity index (χ3n) is 5.20. The topological polar surface area (TPSA) is 80.1 Å². The number of aryl methyl sites for hydroxylation is 1. The first-order valence-electron chi connectivity index (χ1n) is 10.3. The number of rotatable bonds is 6. The van der Waals surface area contributed by atoms with E-state index in [1.807, 2.05) is 60.7 Å². The van der Waals surface area contributed by atoms with Gasteiger partial charge in [-0.3, -0.25) is 4.98 Å². The van der Waals surface area contributed by atoms with Gasteiger partial charge in [0, 0.05) is 17.8 Å². The van der Waals surface area contributed by atoms with E-state index in [0.29, 0.717) is 12.1 Å². The summed E-state index contributed by atoms with van der Waals surface area (Å²) >= 11 is 1.58. The van der Waals surface area contributed by atoms with Crippen molar-refractivity contribution in [3.63, 3.8) is 0 Å². The van der Waals surface area contributed by atoms with E-state index in [2.05, 4.69) is 18.3 Å². The monoisotopic (exact) mass is 440 g/mol. The van der Waals surface area contributed by atoms with Crippen molar-refractivity contribution in [3.8, 4) is 39.4 Å². The molecule has 5 rings (SSSR count). The van der Waals surface area contributed by atoms with Gasteiger partial charge in [-0.1, -0.05) is 36.5 Å². The fourth-order valence-corrected chi connectivity index (χ4v) is 4.44. The van der Waals surface area contributed by atoms with E-state index in [-0.39, 0.29) is 6.79 Å². The quantitative estimate of drug-likeness (QED) is 0.417. The lowest BCUT2D eigenvalue weighted by molar-refractivity contribution is 0.174. The van der Waals surface area contributed by atoms with Crippen LogP contribution in [0.3, 0.4) is 0 Å². The van der Waals surface area contributed by atoms with Gasteiger partial charge in [0.2, 0.25) is 6.79 Å². The molecular weight excluding hydrogens is 420 g/mol. The predicted octanol–water partition coefficient (Wildman–Crippen LogP) is 5.65. The van der Waals surface area contributed by atoms with Crippen LogP contribution in [0.4, 0.5) is 5.13 Å². The van der Waals surface area contributed by atoms with E-state index in [1.54, 1.807) is 11.3 Å². The molecule has 0 radical (unpaired) electrons. The van der Waals surface area contributed by atoms with Crippen LogP contribution in [0, 0.1) is 11.3 Å². The molecule has 1 N–H and O–H groups in total. The molecule has 7 heteroatoms. The van der Waals surface area contributed by atoms with Gasteiger partial charge in [-0.2, -0.15) is 5.26 Å². The first kappa shape index (κ1) is 20.0. The second-order valence-corrected chi connectivity index (χ2v) is 8.29. The maximum absolute atomic E-state index is 8.99. The summed E-state index contributed by atoms with van der Waals surface area (Å²) in [6.07, 6.45) is 0.871. The largest absolute Gasteiger partial charge is 0.454 e. The average molecular weight is 441 g/mol. The van der Waals surface area contributed by atoms with Gasteiger partial charge in [0.25, 0.3) is 0 Å². The van der Waals surface area contributed by atoms with Crippen LogP contribution in [0.1, 0.15) is 23.7 Å². The Hall–Kier alpha value is -3.89. The van der Waals surface area contributed by atoms with Crippen molar-refractivity contribution in [1.29, 1.82) is 5.26 Å². The molecule has 0 aliphatic carbocycles. The van der Waals surface area contributed by atoms with Crippen molar-refractivity contribution in [2.24, 2.45) is 0 Å². The van der Waals surface area contributed by atoms with Crippen LogP contribution in [0.2, 0.25) is 0 Å². The summed E-state index contributed by atoms with van der Waals surface area (Å²) < 4.78 is 11.0. The van der Waals surface area contributed by atoms with Crippen LogP contribution in [0.5, 0.6) is 11.5 Å². The maximum Gasteiger partial charge on any atom is 0.231 e. The molecule has 2 aromatic heterocycles. The third-order valence-corrected chi connectivity index (χ3v) is 6.24. The summed E-state index contributed by atoms with van der Waals surface area (Å²) in [5.41, 5.74) is 5.49. The van der Waals surface area contributed by atoms with Gasteiger partial charge in [0.15, 0.2) is 16.6 Å². The smallest absolute Gasteiger partial charge is 0.231 e. The Bertz CT molecular complexity index is 1310. The van der Waals surface area contributed by atoms with Crippen LogP contribution < -0.4 is 14.8 Å². The van der Waals surface area contributed by atoms with E-state index in [1.165, 1.54) is 0 Å². The van der Waals surface area contributed by atoms with Gasteiger partial charge in [0.1, 0.15) is 0 Å². The fraction of sp³-hybridized carbons (Fsp3) is 0.160. The molecule has 0 atom stereocenters. The number of nitrogens with zero attached hydrogens (tertiary/aromatic N) is 3. The number of fused-ring (bicyclic) bond motifs is 1. The minimum atomic E-state index is 0.236. The van der Waals surface area contributed by atoms with Gasteiger partial charge in [-0.15, -0.1) is 0 Å². The summed E-state index contributed by atoms with van der Waals surface area (Å²) in [7, 11) is 0. The Balaban J connectivity index is 1.50. The molecule has 3 heterocycles. The molecule has 158 valence electrons. The van der Waals surface area contributed by atoms with E-state index in [4.69, 9.17) is 24.7 Å². The number of thiazole rings is 1. The van der Waals surface area contributed by atoms with Crippen molar-refractivity contribution < 1.29 is 9.47 Å². The second kappa shape index (κ2) is 8.69. The summed E-state index contributed by atoms with van der Waals surface area (Å²) in [6, 6.07) is 21.7. The normalized spacial score (nSPS) is 11.9. The van der Waals surface area contributed by atoms with Gasteiger partial charge in [-0.05, 0) is 54.4 Å². The predicted molar refractivity (Wildman–Crippen MR) is 125 cm³/mol. The summed E-state index contributed by atoms with van der Waals surface area (Å²) in [6.45, 7) is 2.95. The van der Waals surface area contributed by atoms with Gasteiger partial charge in [-0.25, -0.2) is 4.98 Å². The molecule has 0 saturated heterocycles. The van der Waals surface area contributed by atoms with Crippen LogP contribution in [0.15, 0.2) is 60.7 Å². The van der Waals surface area contributed by atoms with Crippen LogP contribution in [-0.2, 0) is 13.0 Å². The van der Waals surface area contributed by atoms with E-state index in [0.717, 1.165) is 56.1 Å². The fourth-order valence-electron chi connectivity index (χ4n) is 3.49. The van der Waals surface area contributed by atoms with Gasteiger partial charge < -0.3 is 14.8 Å². The zero-order valence-electron chi connectivity index (χ0n) is 17.5. The van der Waals surface area contributed by atoms with E-state index < -0.39 is 0 Å². The SMILES string of the molecule is CCc1cccc(-c2sc(NCc3ccc(C#N)cc3)nc2-c2ccc3c(c2)OCO3)n1. The van der Waals surface area contributed by atoms with Crippen molar-refractivity contribution in [1.82, 2.24) is 9.97 Å². The Morgan fingerprint density at radius 1 is 1.03 bits per heavy atom. The third kappa shape index (κ3) is 4.01. The van der Waals surface area contributed by atoms with Gasteiger partial charge in [0.05, 0.1) is 27.9 Å². The number of hydrogen-bond donors (Lipinski definition) is 1. The molecule has 1 aliphatic rings. The number of nitriles is 1. The molecule has 6 nitrogen and oxygen atoms in total. The number of hydrogen-bond acceptors (Lipinski definition) is 7. The standard InChI is InChI=1S/C25H20N4O2S/c1-2-19-4-3-5-20(28-19)24-23(18-10-11-21-22(12-18)31-15-30-21)29-25(32-24)27-14-17-8-6-16(13-26)7-9-17/h3-12H,2,14-15H2,1H3,(H,27,29). The van der Waals surface area contributed by atoms with Crippen molar-refractivity contribution in [2.75, 3.05) is 12.1 Å². The summed E-state index contributed by atoms with van der Waals surface area (Å²) in [4.78, 5) is 10.7. The number of aromatic nitrogens is 2. The number of nitrogens with one attached hydrogen (secondary N) is 1. The first-order chi connectivity index (χ1) is 15.7. The molecule has 0 saturated carbocycles. The van der Waals surface area contributed by atoms with Crippen molar-refractivity contribution in [2.45, 2.75) is 19.9 Å². The number of pyridine rings is 1. The molecule has 0 spiro atoms. The Kier molecular flexibility index (Phi) is 5.44. The lowest BCUT2D eigenvalue weighted by Crippen LogP contribution is -1.98. The Labute approximate surface area is 190 Å². The number of ether oxygens (including phenoxy) is 2. The Morgan fingerprint density at radius 3 is 2.69 bits per heavy atom. The molecular formula is C25H20N4O2S. The highest BCUT2D eigenvalue weighted by molar-refractivity contribution is 7.19. The maximum atomic E-state index is 8.99. The van der Waals surface area contributed by atoms with Crippen LogP contribution >= 0.6 is 11.3 Å². The minimum absolute atomic E-state index is 0.236. The summed E-state index contributed by atoms with van der Waals surface area (Å²) in [5, 5.41) is 13.2. The zero-order chi connectivity index (χ0) is 21.9. The molecule has 32 heavy (non-hydrogen) atoms. The minimum Gasteiger partial charge on any atom is -0.454 e. The average Bonchev–Trinajstić information content (AvgIpc) is 3.49. The molecule has 0 bridgehead atoms. The zero-order valence-corrected chi connectivity index (χ0v) is 18.3. The van der Waals surface area contributed by atoms with E-state index in [9.17, 15) is 0 Å². The molecule has 0 unspecified atom stereocenters.